The molecular formula is C26H34N2O3. The summed E-state index contributed by atoms with van der Waals surface area (Å²) in [4.78, 5) is 38.5. The van der Waals surface area contributed by atoms with E-state index in [0.29, 0.717) is 16.8 Å². The zero-order valence-corrected chi connectivity index (χ0v) is 19.8. The summed E-state index contributed by atoms with van der Waals surface area (Å²) < 4.78 is 0. The topological polar surface area (TPSA) is 75.3 Å². The molecule has 2 rings (SSSR count). The van der Waals surface area contributed by atoms with Gasteiger partial charge in [0.1, 0.15) is 0 Å². The van der Waals surface area contributed by atoms with Crippen LogP contribution in [0.5, 0.6) is 0 Å². The van der Waals surface area contributed by atoms with Crippen LogP contribution >= 0.6 is 0 Å². The monoisotopic (exact) mass is 422 g/mol. The van der Waals surface area contributed by atoms with Crippen LogP contribution in [0.1, 0.15) is 86.5 Å². The highest BCUT2D eigenvalue weighted by atomic mass is 16.2. The summed E-state index contributed by atoms with van der Waals surface area (Å²) in [6.45, 7) is 15.2. The summed E-state index contributed by atoms with van der Waals surface area (Å²) in [6.07, 6.45) is 0. The molecule has 0 saturated carbocycles. The first-order valence-corrected chi connectivity index (χ1v) is 10.6. The molecular weight excluding hydrogens is 388 g/mol. The minimum atomic E-state index is -0.625. The van der Waals surface area contributed by atoms with Crippen LogP contribution in [0, 0.1) is 11.3 Å². The van der Waals surface area contributed by atoms with Crippen molar-refractivity contribution in [1.29, 1.82) is 0 Å². The Morgan fingerprint density at radius 2 is 1.32 bits per heavy atom. The van der Waals surface area contributed by atoms with E-state index in [0.717, 1.165) is 5.69 Å². The zero-order chi connectivity index (χ0) is 23.6. The van der Waals surface area contributed by atoms with Gasteiger partial charge in [-0.15, -0.1) is 0 Å². The molecule has 166 valence electrons. The van der Waals surface area contributed by atoms with Gasteiger partial charge in [0.2, 0.25) is 0 Å². The Labute approximate surface area is 185 Å². The highest BCUT2D eigenvalue weighted by molar-refractivity contribution is 6.10. The number of hydrogen-bond donors (Lipinski definition) is 2. The number of amides is 1. The van der Waals surface area contributed by atoms with Gasteiger partial charge in [-0.05, 0) is 57.2 Å². The van der Waals surface area contributed by atoms with Gasteiger partial charge >= 0.3 is 0 Å². The van der Waals surface area contributed by atoms with Crippen LogP contribution < -0.4 is 10.6 Å². The van der Waals surface area contributed by atoms with E-state index in [1.807, 2.05) is 39.0 Å². The van der Waals surface area contributed by atoms with Crippen LogP contribution in [0.4, 0.5) is 11.4 Å². The molecule has 0 spiro atoms. The van der Waals surface area contributed by atoms with Crippen molar-refractivity contribution < 1.29 is 14.4 Å². The van der Waals surface area contributed by atoms with Crippen LogP contribution in [-0.4, -0.2) is 23.0 Å². The van der Waals surface area contributed by atoms with Crippen molar-refractivity contribution in [2.24, 2.45) is 11.3 Å². The van der Waals surface area contributed by atoms with E-state index in [2.05, 4.69) is 31.4 Å². The molecule has 0 atom stereocenters. The fraction of sp³-hybridized carbons (Fsp3) is 0.423. The van der Waals surface area contributed by atoms with Gasteiger partial charge in [0.05, 0.1) is 0 Å². The maximum atomic E-state index is 13.0. The molecule has 0 aromatic heterocycles. The lowest BCUT2D eigenvalue weighted by atomic mass is 9.84. The number of Topliss-reactive ketones (excluding diaryl/α,β-unsaturated/α-hetero) is 2. The van der Waals surface area contributed by atoms with Crippen LogP contribution in [0.25, 0.3) is 0 Å². The Morgan fingerprint density at radius 1 is 0.774 bits per heavy atom. The maximum absolute atomic E-state index is 13.0. The Morgan fingerprint density at radius 3 is 1.87 bits per heavy atom. The molecule has 0 aliphatic heterocycles. The van der Waals surface area contributed by atoms with E-state index in [9.17, 15) is 14.4 Å². The Hall–Kier alpha value is -2.95. The molecule has 0 aliphatic rings. The standard InChI is InChI=1S/C26H34N2O3/c1-16(2)22(29)17-12-18(23(30)25(3,4)5)14-19(13-17)24(31)27-20-10-9-11-21(15-20)28-26(6,7)8/h9-16,28H,1-8H3,(H,27,31). The Bertz CT molecular complexity index is 992. The molecule has 2 aromatic rings. The van der Waals surface area contributed by atoms with E-state index in [4.69, 9.17) is 0 Å². The summed E-state index contributed by atoms with van der Waals surface area (Å²) >= 11 is 0. The van der Waals surface area contributed by atoms with Crippen molar-refractivity contribution in [3.8, 4) is 0 Å². The number of anilines is 2. The summed E-state index contributed by atoms with van der Waals surface area (Å²) in [5, 5.41) is 6.25. The van der Waals surface area contributed by atoms with Gasteiger partial charge in [-0.3, -0.25) is 14.4 Å². The lowest BCUT2D eigenvalue weighted by Gasteiger charge is -2.22. The van der Waals surface area contributed by atoms with Crippen molar-refractivity contribution in [3.05, 3.63) is 59.2 Å². The molecule has 1 amide bonds. The lowest BCUT2D eigenvalue weighted by molar-refractivity contribution is 0.0858. The lowest BCUT2D eigenvalue weighted by Crippen LogP contribution is -2.26. The summed E-state index contributed by atoms with van der Waals surface area (Å²) in [5.74, 6) is -0.823. The second-order valence-corrected chi connectivity index (χ2v) is 10.3. The number of ketones is 2. The smallest absolute Gasteiger partial charge is 0.255 e. The van der Waals surface area contributed by atoms with E-state index in [1.54, 1.807) is 38.1 Å². The molecule has 0 bridgehead atoms. The highest BCUT2D eigenvalue weighted by Gasteiger charge is 2.25. The predicted molar refractivity (Wildman–Crippen MR) is 127 cm³/mol. The normalized spacial score (nSPS) is 11.9. The first kappa shape index (κ1) is 24.3. The number of hydrogen-bond acceptors (Lipinski definition) is 4. The summed E-state index contributed by atoms with van der Waals surface area (Å²) in [7, 11) is 0. The third-order valence-corrected chi connectivity index (χ3v) is 4.59. The second-order valence-electron chi connectivity index (χ2n) is 10.3. The maximum Gasteiger partial charge on any atom is 0.255 e. The molecule has 0 aliphatic carbocycles. The number of nitrogens with one attached hydrogen (secondary N) is 2. The third kappa shape index (κ3) is 6.78. The molecule has 0 radical (unpaired) electrons. The number of benzene rings is 2. The van der Waals surface area contributed by atoms with Crippen molar-refractivity contribution in [1.82, 2.24) is 0 Å². The Kier molecular flexibility index (Phi) is 7.10. The average molecular weight is 423 g/mol. The van der Waals surface area contributed by atoms with E-state index in [1.165, 1.54) is 0 Å². The van der Waals surface area contributed by atoms with Gasteiger partial charge in [-0.25, -0.2) is 0 Å². The largest absolute Gasteiger partial charge is 0.380 e. The first-order chi connectivity index (χ1) is 14.2. The van der Waals surface area contributed by atoms with Crippen LogP contribution in [0.2, 0.25) is 0 Å². The first-order valence-electron chi connectivity index (χ1n) is 10.6. The Balaban J connectivity index is 2.41. The van der Waals surface area contributed by atoms with Crippen molar-refractivity contribution in [2.45, 2.75) is 60.9 Å². The van der Waals surface area contributed by atoms with Gasteiger partial charge in [-0.1, -0.05) is 40.7 Å². The molecule has 2 aromatic carbocycles. The molecule has 0 unspecified atom stereocenters. The summed E-state index contributed by atoms with van der Waals surface area (Å²) in [5.41, 5.74) is 1.80. The predicted octanol–water partition coefficient (Wildman–Crippen LogP) is 6.22. The van der Waals surface area contributed by atoms with Gasteiger partial charge in [0.25, 0.3) is 5.91 Å². The highest BCUT2D eigenvalue weighted by Crippen LogP contribution is 2.25. The van der Waals surface area contributed by atoms with Crippen molar-refractivity contribution >= 4 is 28.8 Å². The SMILES string of the molecule is CC(C)C(=O)c1cc(C(=O)Nc2cccc(NC(C)(C)C)c2)cc(C(=O)C(C)(C)C)c1. The third-order valence-electron chi connectivity index (χ3n) is 4.59. The van der Waals surface area contributed by atoms with Gasteiger partial charge in [-0.2, -0.15) is 0 Å². The molecule has 0 saturated heterocycles. The fourth-order valence-corrected chi connectivity index (χ4v) is 3.11. The molecule has 31 heavy (non-hydrogen) atoms. The quantitative estimate of drug-likeness (QED) is 0.542. The van der Waals surface area contributed by atoms with Crippen molar-refractivity contribution in [2.75, 3.05) is 10.6 Å². The zero-order valence-electron chi connectivity index (χ0n) is 19.8. The van der Waals surface area contributed by atoms with Gasteiger partial charge < -0.3 is 10.6 Å². The van der Waals surface area contributed by atoms with E-state index < -0.39 is 5.41 Å². The molecule has 5 nitrogen and oxygen atoms in total. The van der Waals surface area contributed by atoms with Gasteiger partial charge in [0.15, 0.2) is 11.6 Å². The molecule has 0 fully saturated rings. The fourth-order valence-electron chi connectivity index (χ4n) is 3.11. The number of carbonyl (C=O) groups excluding carboxylic acids is 3. The van der Waals surface area contributed by atoms with Crippen molar-refractivity contribution in [3.63, 3.8) is 0 Å². The van der Waals surface area contributed by atoms with E-state index >= 15 is 0 Å². The van der Waals surface area contributed by atoms with Gasteiger partial charge in [0, 0.05) is 44.9 Å². The second kappa shape index (κ2) is 9.04. The van der Waals surface area contributed by atoms with Crippen LogP contribution in [0.15, 0.2) is 42.5 Å². The minimum Gasteiger partial charge on any atom is -0.380 e. The number of carbonyl (C=O) groups is 3. The van der Waals surface area contributed by atoms with E-state index in [-0.39, 0.29) is 34.5 Å². The van der Waals surface area contributed by atoms with Crippen LogP contribution in [-0.2, 0) is 0 Å². The summed E-state index contributed by atoms with van der Waals surface area (Å²) in [6, 6.07) is 12.2. The molecule has 0 heterocycles. The molecule has 5 heteroatoms. The van der Waals surface area contributed by atoms with Crippen LogP contribution in [0.3, 0.4) is 0 Å². The molecule has 2 N–H and O–H groups in total. The number of rotatable bonds is 6. The average Bonchev–Trinajstić information content (AvgIpc) is 2.64. The minimum absolute atomic E-state index is 0.103.